The van der Waals surface area contributed by atoms with Crippen LogP contribution in [0.4, 0.5) is 0 Å². The van der Waals surface area contributed by atoms with Crippen LogP contribution in [0.25, 0.3) is 33.1 Å². The molecule has 0 amide bonds. The molecule has 2 aromatic heterocycles. The summed E-state index contributed by atoms with van der Waals surface area (Å²) in [5.74, 6) is 0. The van der Waals surface area contributed by atoms with Crippen molar-refractivity contribution in [1.82, 2.24) is 9.97 Å². The van der Waals surface area contributed by atoms with E-state index >= 15 is 0 Å². The molecule has 100 valence electrons. The molecule has 0 radical (unpaired) electrons. The summed E-state index contributed by atoms with van der Waals surface area (Å²) in [4.78, 5) is 9.25. The van der Waals surface area contributed by atoms with Crippen molar-refractivity contribution in [3.05, 3.63) is 71.9 Å². The molecule has 0 spiro atoms. The molecule has 2 aromatic carbocycles. The minimum Gasteiger partial charge on any atom is -0.252 e. The summed E-state index contributed by atoms with van der Waals surface area (Å²) in [5.41, 5.74) is 3.85. The van der Waals surface area contributed by atoms with Crippen LogP contribution in [0.15, 0.2) is 66.9 Å². The van der Waals surface area contributed by atoms with Gasteiger partial charge in [-0.25, -0.2) is 4.98 Å². The molecule has 0 saturated heterocycles. The van der Waals surface area contributed by atoms with Gasteiger partial charge in [0, 0.05) is 22.5 Å². The molecule has 0 fully saturated rings. The third-order valence-corrected chi connectivity index (χ3v) is 3.75. The Kier molecular flexibility index (Phi) is 2.83. The molecule has 0 aliphatic heterocycles. The highest BCUT2D eigenvalue weighted by molar-refractivity contribution is 6.31. The van der Waals surface area contributed by atoms with Crippen molar-refractivity contribution >= 4 is 33.4 Å². The zero-order valence-corrected chi connectivity index (χ0v) is 11.9. The van der Waals surface area contributed by atoms with Crippen molar-refractivity contribution in [2.45, 2.75) is 0 Å². The monoisotopic (exact) mass is 290 g/mol. The van der Waals surface area contributed by atoms with Gasteiger partial charge in [-0.15, -0.1) is 0 Å². The second-order valence-corrected chi connectivity index (χ2v) is 5.36. The molecule has 4 rings (SSSR count). The molecule has 4 aromatic rings. The van der Waals surface area contributed by atoms with Gasteiger partial charge in [-0.2, -0.15) is 0 Å². The summed E-state index contributed by atoms with van der Waals surface area (Å²) in [6, 6.07) is 20.3. The number of pyridine rings is 2. The Morgan fingerprint density at radius 1 is 0.762 bits per heavy atom. The maximum Gasteiger partial charge on any atom is 0.0972 e. The Labute approximate surface area is 127 Å². The number of benzene rings is 2. The van der Waals surface area contributed by atoms with E-state index < -0.39 is 0 Å². The van der Waals surface area contributed by atoms with Crippen LogP contribution in [0.3, 0.4) is 0 Å². The quantitative estimate of drug-likeness (QED) is 0.456. The highest BCUT2D eigenvalue weighted by Gasteiger charge is 2.06. The minimum atomic E-state index is 0.640. The van der Waals surface area contributed by atoms with E-state index in [1.807, 2.05) is 36.4 Å². The Morgan fingerprint density at radius 3 is 2.38 bits per heavy atom. The molecule has 0 bridgehead atoms. The van der Waals surface area contributed by atoms with Crippen molar-refractivity contribution in [2.75, 3.05) is 0 Å². The Hall–Kier alpha value is -2.45. The standard InChI is InChI=1S/C18H11ClN2/c19-15-10-14-7-6-13-8-9-16(12-4-2-1-3-5-12)21-18(13)17(14)20-11-15/h1-11H. The van der Waals surface area contributed by atoms with E-state index in [1.54, 1.807) is 6.20 Å². The summed E-state index contributed by atoms with van der Waals surface area (Å²) in [6.07, 6.45) is 1.67. The number of aromatic nitrogens is 2. The maximum absolute atomic E-state index is 6.01. The van der Waals surface area contributed by atoms with Crippen LogP contribution in [0.5, 0.6) is 0 Å². The van der Waals surface area contributed by atoms with Crippen LogP contribution < -0.4 is 0 Å². The highest BCUT2D eigenvalue weighted by Crippen LogP contribution is 2.27. The lowest BCUT2D eigenvalue weighted by Crippen LogP contribution is -1.88. The summed E-state index contributed by atoms with van der Waals surface area (Å²) in [6.45, 7) is 0. The van der Waals surface area contributed by atoms with Crippen molar-refractivity contribution in [3.63, 3.8) is 0 Å². The van der Waals surface area contributed by atoms with Crippen molar-refractivity contribution in [2.24, 2.45) is 0 Å². The van der Waals surface area contributed by atoms with E-state index in [0.29, 0.717) is 5.02 Å². The fourth-order valence-corrected chi connectivity index (χ4v) is 2.69. The van der Waals surface area contributed by atoms with E-state index in [1.165, 1.54) is 0 Å². The zero-order chi connectivity index (χ0) is 14.2. The van der Waals surface area contributed by atoms with Crippen LogP contribution in [-0.4, -0.2) is 9.97 Å². The number of hydrogen-bond acceptors (Lipinski definition) is 2. The molecule has 0 atom stereocenters. The van der Waals surface area contributed by atoms with Gasteiger partial charge in [0.1, 0.15) is 0 Å². The molecule has 0 unspecified atom stereocenters. The van der Waals surface area contributed by atoms with Gasteiger partial charge in [-0.05, 0) is 12.1 Å². The van der Waals surface area contributed by atoms with Gasteiger partial charge in [0.2, 0.25) is 0 Å². The molecular formula is C18H11ClN2. The van der Waals surface area contributed by atoms with E-state index in [9.17, 15) is 0 Å². The molecule has 21 heavy (non-hydrogen) atoms. The van der Waals surface area contributed by atoms with Gasteiger partial charge in [0.05, 0.1) is 21.7 Å². The average molecular weight is 291 g/mol. The summed E-state index contributed by atoms with van der Waals surface area (Å²) >= 11 is 6.01. The van der Waals surface area contributed by atoms with Crippen LogP contribution in [0, 0.1) is 0 Å². The third kappa shape index (κ3) is 2.14. The second kappa shape index (κ2) is 4.83. The molecule has 2 heterocycles. The fraction of sp³-hybridized carbons (Fsp3) is 0. The van der Waals surface area contributed by atoms with E-state index in [-0.39, 0.29) is 0 Å². The molecule has 0 aliphatic carbocycles. The fourth-order valence-electron chi connectivity index (χ4n) is 2.52. The number of fused-ring (bicyclic) bond motifs is 3. The van der Waals surface area contributed by atoms with Crippen LogP contribution in [0.2, 0.25) is 5.02 Å². The van der Waals surface area contributed by atoms with Gasteiger partial charge in [0.15, 0.2) is 0 Å². The molecule has 3 heteroatoms. The first kappa shape index (κ1) is 12.3. The lowest BCUT2D eigenvalue weighted by molar-refractivity contribution is 1.37. The Morgan fingerprint density at radius 2 is 1.52 bits per heavy atom. The maximum atomic E-state index is 6.01. The van der Waals surface area contributed by atoms with Gasteiger partial charge in [-0.3, -0.25) is 4.98 Å². The van der Waals surface area contributed by atoms with E-state index in [0.717, 1.165) is 33.1 Å². The lowest BCUT2D eigenvalue weighted by atomic mass is 10.1. The smallest absolute Gasteiger partial charge is 0.0972 e. The highest BCUT2D eigenvalue weighted by atomic mass is 35.5. The Bertz CT molecular complexity index is 949. The SMILES string of the molecule is Clc1cnc2c(ccc3ccc(-c4ccccc4)nc32)c1. The normalized spacial score (nSPS) is 11.1. The zero-order valence-electron chi connectivity index (χ0n) is 11.1. The van der Waals surface area contributed by atoms with Crippen LogP contribution >= 0.6 is 11.6 Å². The Balaban J connectivity index is 2.03. The van der Waals surface area contributed by atoms with Crippen LogP contribution in [0.1, 0.15) is 0 Å². The first-order chi connectivity index (χ1) is 10.3. The molecule has 0 saturated carbocycles. The van der Waals surface area contributed by atoms with Gasteiger partial charge in [-0.1, -0.05) is 60.1 Å². The predicted octanol–water partition coefficient (Wildman–Crippen LogP) is 5.10. The summed E-state index contributed by atoms with van der Waals surface area (Å²) in [7, 11) is 0. The van der Waals surface area contributed by atoms with Gasteiger partial charge >= 0.3 is 0 Å². The number of nitrogens with zero attached hydrogens (tertiary/aromatic N) is 2. The lowest BCUT2D eigenvalue weighted by Gasteiger charge is -2.06. The minimum absolute atomic E-state index is 0.640. The summed E-state index contributed by atoms with van der Waals surface area (Å²) < 4.78 is 0. The van der Waals surface area contributed by atoms with Crippen molar-refractivity contribution < 1.29 is 0 Å². The number of halogens is 1. The first-order valence-electron chi connectivity index (χ1n) is 6.72. The van der Waals surface area contributed by atoms with Gasteiger partial charge in [0.25, 0.3) is 0 Å². The number of rotatable bonds is 1. The van der Waals surface area contributed by atoms with Crippen LogP contribution in [-0.2, 0) is 0 Å². The first-order valence-corrected chi connectivity index (χ1v) is 7.09. The largest absolute Gasteiger partial charge is 0.252 e. The van der Waals surface area contributed by atoms with E-state index in [4.69, 9.17) is 16.6 Å². The summed E-state index contributed by atoms with van der Waals surface area (Å²) in [5, 5.41) is 2.73. The average Bonchev–Trinajstić information content (AvgIpc) is 2.54. The number of hydrogen-bond donors (Lipinski definition) is 0. The van der Waals surface area contributed by atoms with Gasteiger partial charge < -0.3 is 0 Å². The molecule has 0 N–H and O–H groups in total. The predicted molar refractivity (Wildman–Crippen MR) is 87.5 cm³/mol. The van der Waals surface area contributed by atoms with Crippen molar-refractivity contribution in [1.29, 1.82) is 0 Å². The molecular weight excluding hydrogens is 280 g/mol. The molecule has 2 nitrogen and oxygen atoms in total. The second-order valence-electron chi connectivity index (χ2n) is 4.93. The van der Waals surface area contributed by atoms with Crippen molar-refractivity contribution in [3.8, 4) is 11.3 Å². The topological polar surface area (TPSA) is 25.8 Å². The van der Waals surface area contributed by atoms with E-state index in [2.05, 4.69) is 29.2 Å². The molecule has 0 aliphatic rings. The third-order valence-electron chi connectivity index (χ3n) is 3.55.